The number of nitrogen functional groups attached to an aromatic ring is 1. The first-order valence-corrected chi connectivity index (χ1v) is 5.40. The molecule has 2 heterocycles. The van der Waals surface area contributed by atoms with E-state index in [-0.39, 0.29) is 0 Å². The molecule has 0 amide bonds. The van der Waals surface area contributed by atoms with Crippen LogP contribution in [0.25, 0.3) is 22.4 Å². The highest BCUT2D eigenvalue weighted by Crippen LogP contribution is 2.21. The number of aromatic nitrogens is 3. The van der Waals surface area contributed by atoms with Gasteiger partial charge < -0.3 is 10.3 Å². The fraction of sp³-hybridized carbons (Fsp3) is 0.0769. The van der Waals surface area contributed by atoms with Gasteiger partial charge >= 0.3 is 0 Å². The predicted molar refractivity (Wildman–Crippen MR) is 68.4 cm³/mol. The minimum absolute atomic E-state index is 0.484. The molecule has 3 rings (SSSR count). The largest absolute Gasteiger partial charge is 0.369 e. The second kappa shape index (κ2) is 3.59. The van der Waals surface area contributed by atoms with E-state index in [2.05, 4.69) is 9.97 Å². The van der Waals surface area contributed by atoms with Gasteiger partial charge in [-0.1, -0.05) is 30.3 Å². The summed E-state index contributed by atoms with van der Waals surface area (Å²) >= 11 is 0. The molecule has 0 saturated carbocycles. The number of rotatable bonds is 1. The third kappa shape index (κ3) is 1.54. The monoisotopic (exact) mass is 224 g/mol. The fourth-order valence-corrected chi connectivity index (χ4v) is 1.86. The molecule has 3 aromatic rings. The van der Waals surface area contributed by atoms with E-state index in [9.17, 15) is 0 Å². The SMILES string of the molecule is Cn1c(N)nc2nc(-c3ccccc3)ccc21. The maximum atomic E-state index is 5.75. The van der Waals surface area contributed by atoms with Crippen LogP contribution >= 0.6 is 0 Å². The maximum Gasteiger partial charge on any atom is 0.202 e. The van der Waals surface area contributed by atoms with Crippen LogP contribution in [0.5, 0.6) is 0 Å². The van der Waals surface area contributed by atoms with Crippen LogP contribution in [0.15, 0.2) is 42.5 Å². The van der Waals surface area contributed by atoms with Crippen molar-refractivity contribution in [3.8, 4) is 11.3 Å². The van der Waals surface area contributed by atoms with Gasteiger partial charge in [-0.2, -0.15) is 4.98 Å². The number of benzene rings is 1. The Balaban J connectivity index is 2.21. The van der Waals surface area contributed by atoms with E-state index < -0.39 is 0 Å². The number of pyridine rings is 1. The average Bonchev–Trinajstić information content (AvgIpc) is 2.66. The topological polar surface area (TPSA) is 56.7 Å². The number of hydrogen-bond donors (Lipinski definition) is 1. The number of aryl methyl sites for hydroxylation is 1. The van der Waals surface area contributed by atoms with Crippen LogP contribution in [-0.2, 0) is 7.05 Å². The Labute approximate surface area is 98.7 Å². The van der Waals surface area contributed by atoms with Crippen molar-refractivity contribution in [2.45, 2.75) is 0 Å². The molecule has 0 unspecified atom stereocenters. The number of nitrogens with zero attached hydrogens (tertiary/aromatic N) is 3. The van der Waals surface area contributed by atoms with E-state index >= 15 is 0 Å². The Bertz CT molecular complexity index is 670. The van der Waals surface area contributed by atoms with Crippen molar-refractivity contribution >= 4 is 17.1 Å². The highest BCUT2D eigenvalue weighted by Gasteiger charge is 2.07. The van der Waals surface area contributed by atoms with E-state index in [4.69, 9.17) is 5.73 Å². The van der Waals surface area contributed by atoms with Crippen molar-refractivity contribution in [1.29, 1.82) is 0 Å². The molecule has 0 spiro atoms. The Morgan fingerprint density at radius 2 is 1.76 bits per heavy atom. The molecule has 2 N–H and O–H groups in total. The van der Waals surface area contributed by atoms with Gasteiger partial charge in [0.15, 0.2) is 5.65 Å². The van der Waals surface area contributed by atoms with Crippen molar-refractivity contribution in [2.24, 2.45) is 7.05 Å². The third-order valence-corrected chi connectivity index (χ3v) is 2.85. The molecule has 4 heteroatoms. The van der Waals surface area contributed by atoms with Gasteiger partial charge in [-0.15, -0.1) is 0 Å². The quantitative estimate of drug-likeness (QED) is 0.689. The zero-order valence-corrected chi connectivity index (χ0v) is 9.46. The number of imidazole rings is 1. The summed E-state index contributed by atoms with van der Waals surface area (Å²) < 4.78 is 1.83. The maximum absolute atomic E-state index is 5.75. The minimum Gasteiger partial charge on any atom is -0.369 e. The summed E-state index contributed by atoms with van der Waals surface area (Å²) in [5, 5.41) is 0. The van der Waals surface area contributed by atoms with Gasteiger partial charge in [-0.3, -0.25) is 0 Å². The van der Waals surface area contributed by atoms with Gasteiger partial charge in [-0.05, 0) is 12.1 Å². The molecule has 0 radical (unpaired) electrons. The lowest BCUT2D eigenvalue weighted by molar-refractivity contribution is 0.965. The fourth-order valence-electron chi connectivity index (χ4n) is 1.86. The van der Waals surface area contributed by atoms with Crippen molar-refractivity contribution in [1.82, 2.24) is 14.5 Å². The average molecular weight is 224 g/mol. The lowest BCUT2D eigenvalue weighted by atomic mass is 10.1. The van der Waals surface area contributed by atoms with E-state index in [1.165, 1.54) is 0 Å². The van der Waals surface area contributed by atoms with Crippen LogP contribution in [0.4, 0.5) is 5.95 Å². The molecule has 84 valence electrons. The number of hydrogen-bond acceptors (Lipinski definition) is 3. The normalized spacial score (nSPS) is 10.9. The molecule has 0 bridgehead atoms. The van der Waals surface area contributed by atoms with Crippen LogP contribution in [0.2, 0.25) is 0 Å². The number of fused-ring (bicyclic) bond motifs is 1. The zero-order valence-electron chi connectivity index (χ0n) is 9.46. The molecule has 1 aromatic carbocycles. The highest BCUT2D eigenvalue weighted by molar-refractivity contribution is 5.77. The summed E-state index contributed by atoms with van der Waals surface area (Å²) in [6, 6.07) is 14.0. The first-order valence-electron chi connectivity index (χ1n) is 5.40. The van der Waals surface area contributed by atoms with Gasteiger partial charge in [0.2, 0.25) is 5.95 Å². The van der Waals surface area contributed by atoms with E-state index in [1.807, 2.05) is 54.1 Å². The van der Waals surface area contributed by atoms with Crippen LogP contribution in [0, 0.1) is 0 Å². The van der Waals surface area contributed by atoms with Crippen molar-refractivity contribution in [3.63, 3.8) is 0 Å². The third-order valence-electron chi connectivity index (χ3n) is 2.85. The highest BCUT2D eigenvalue weighted by atomic mass is 15.2. The lowest BCUT2D eigenvalue weighted by Gasteiger charge is -2.00. The Kier molecular flexibility index (Phi) is 2.08. The van der Waals surface area contributed by atoms with E-state index in [1.54, 1.807) is 0 Å². The number of nitrogens with two attached hydrogens (primary N) is 1. The Morgan fingerprint density at radius 3 is 2.53 bits per heavy atom. The first kappa shape index (κ1) is 9.84. The van der Waals surface area contributed by atoms with Crippen LogP contribution in [0.1, 0.15) is 0 Å². The molecular formula is C13H12N4. The smallest absolute Gasteiger partial charge is 0.202 e. The molecule has 0 fully saturated rings. The van der Waals surface area contributed by atoms with E-state index in [0.29, 0.717) is 11.6 Å². The van der Waals surface area contributed by atoms with Crippen LogP contribution in [0.3, 0.4) is 0 Å². The second-order valence-corrected chi connectivity index (χ2v) is 3.93. The molecular weight excluding hydrogens is 212 g/mol. The summed E-state index contributed by atoms with van der Waals surface area (Å²) in [4.78, 5) is 8.74. The molecule has 0 aliphatic rings. The van der Waals surface area contributed by atoms with E-state index in [0.717, 1.165) is 16.8 Å². The summed E-state index contributed by atoms with van der Waals surface area (Å²) in [7, 11) is 1.88. The molecule has 0 atom stereocenters. The van der Waals surface area contributed by atoms with Crippen molar-refractivity contribution < 1.29 is 0 Å². The lowest BCUT2D eigenvalue weighted by Crippen LogP contribution is -1.95. The van der Waals surface area contributed by atoms with Crippen molar-refractivity contribution in [3.05, 3.63) is 42.5 Å². The van der Waals surface area contributed by atoms with Crippen molar-refractivity contribution in [2.75, 3.05) is 5.73 Å². The van der Waals surface area contributed by atoms with Crippen LogP contribution < -0.4 is 5.73 Å². The molecule has 4 nitrogen and oxygen atoms in total. The van der Waals surface area contributed by atoms with Gasteiger partial charge in [-0.25, -0.2) is 4.98 Å². The summed E-state index contributed by atoms with van der Waals surface area (Å²) in [6.45, 7) is 0. The summed E-state index contributed by atoms with van der Waals surface area (Å²) in [5.74, 6) is 0.484. The number of anilines is 1. The van der Waals surface area contributed by atoms with Gasteiger partial charge in [0, 0.05) is 12.6 Å². The van der Waals surface area contributed by atoms with Crippen LogP contribution in [-0.4, -0.2) is 14.5 Å². The molecule has 0 aliphatic carbocycles. The summed E-state index contributed by atoms with van der Waals surface area (Å²) in [6.07, 6.45) is 0. The standard InChI is InChI=1S/C13H12N4/c1-17-11-8-7-10(9-5-3-2-4-6-9)15-12(11)16-13(17)14/h2-8H,1H3,(H2,14,15,16). The Hall–Kier alpha value is -2.36. The zero-order chi connectivity index (χ0) is 11.8. The Morgan fingerprint density at radius 1 is 1.00 bits per heavy atom. The molecule has 0 aliphatic heterocycles. The van der Waals surface area contributed by atoms with Gasteiger partial charge in [0.25, 0.3) is 0 Å². The molecule has 2 aromatic heterocycles. The molecule has 17 heavy (non-hydrogen) atoms. The first-order chi connectivity index (χ1) is 8.25. The predicted octanol–water partition coefficient (Wildman–Crippen LogP) is 2.22. The second-order valence-electron chi connectivity index (χ2n) is 3.93. The van der Waals surface area contributed by atoms with Gasteiger partial charge in [0.1, 0.15) is 0 Å². The van der Waals surface area contributed by atoms with Gasteiger partial charge in [0.05, 0.1) is 11.2 Å². The summed E-state index contributed by atoms with van der Waals surface area (Å²) in [5.41, 5.74) is 9.38. The molecule has 0 saturated heterocycles. The minimum atomic E-state index is 0.484.